The van der Waals surface area contributed by atoms with E-state index in [1.54, 1.807) is 12.1 Å². The number of aryl methyl sites for hydroxylation is 1. The molecule has 8 nitrogen and oxygen atoms in total. The van der Waals surface area contributed by atoms with E-state index in [1.807, 2.05) is 19.1 Å². The Balaban J connectivity index is 1.89. The first-order chi connectivity index (χ1) is 12.7. The molecule has 1 aromatic heterocycles. The molecule has 0 bridgehead atoms. The van der Waals surface area contributed by atoms with Crippen LogP contribution in [-0.2, 0) is 21.4 Å². The predicted molar refractivity (Wildman–Crippen MR) is 101 cm³/mol. The summed E-state index contributed by atoms with van der Waals surface area (Å²) in [5, 5.41) is 2.71. The highest BCUT2D eigenvalue weighted by molar-refractivity contribution is 7.89. The number of aromatic nitrogens is 1. The molecular formula is C18H19N3O5S. The Kier molecular flexibility index (Phi) is 4.90. The van der Waals surface area contributed by atoms with E-state index >= 15 is 0 Å². The molecule has 27 heavy (non-hydrogen) atoms. The first-order valence-corrected chi connectivity index (χ1v) is 9.55. The third kappa shape index (κ3) is 3.79. The number of nitrogens with zero attached hydrogens (tertiary/aromatic N) is 2. The molecule has 0 spiro atoms. The minimum absolute atomic E-state index is 0.00464. The molecule has 0 radical (unpaired) electrons. The Labute approximate surface area is 156 Å². The molecule has 2 aromatic carbocycles. The molecule has 0 saturated carbocycles. The molecule has 9 heteroatoms. The van der Waals surface area contributed by atoms with Crippen molar-refractivity contribution >= 4 is 32.7 Å². The Morgan fingerprint density at radius 1 is 1.15 bits per heavy atom. The van der Waals surface area contributed by atoms with Gasteiger partial charge in [-0.15, -0.1) is 0 Å². The Morgan fingerprint density at radius 2 is 1.81 bits per heavy atom. The average Bonchev–Trinajstić information content (AvgIpc) is 2.91. The standard InChI is InChI=1S/C18H19N3O5S/c1-12-4-6-13(7-5-12)19-17(22)11-21-15-9-8-14(27(24,25)20(2)3)10-16(15)26-18(21)23/h4-10H,11H2,1-3H3,(H,19,22). The zero-order chi connectivity index (χ0) is 19.8. The Morgan fingerprint density at radius 3 is 2.44 bits per heavy atom. The number of nitrogens with one attached hydrogen (secondary N) is 1. The molecule has 0 aliphatic carbocycles. The van der Waals surface area contributed by atoms with Gasteiger partial charge in [0, 0.05) is 25.8 Å². The number of fused-ring (bicyclic) bond motifs is 1. The van der Waals surface area contributed by atoms with Crippen molar-refractivity contribution in [2.24, 2.45) is 0 Å². The Hall–Kier alpha value is -2.91. The summed E-state index contributed by atoms with van der Waals surface area (Å²) in [6.07, 6.45) is 0. The number of amides is 1. The normalized spacial score (nSPS) is 11.9. The van der Waals surface area contributed by atoms with Gasteiger partial charge in [0.1, 0.15) is 6.54 Å². The van der Waals surface area contributed by atoms with E-state index in [9.17, 15) is 18.0 Å². The van der Waals surface area contributed by atoms with Gasteiger partial charge in [-0.05, 0) is 31.2 Å². The van der Waals surface area contributed by atoms with Crippen LogP contribution in [0.2, 0.25) is 0 Å². The minimum atomic E-state index is -3.66. The summed E-state index contributed by atoms with van der Waals surface area (Å²) >= 11 is 0. The maximum absolute atomic E-state index is 12.3. The lowest BCUT2D eigenvalue weighted by molar-refractivity contribution is -0.116. The van der Waals surface area contributed by atoms with E-state index in [1.165, 1.54) is 32.3 Å². The van der Waals surface area contributed by atoms with Crippen molar-refractivity contribution in [2.75, 3.05) is 19.4 Å². The summed E-state index contributed by atoms with van der Waals surface area (Å²) in [4.78, 5) is 24.4. The topological polar surface area (TPSA) is 102 Å². The van der Waals surface area contributed by atoms with Gasteiger partial charge in [-0.3, -0.25) is 9.36 Å². The fourth-order valence-corrected chi connectivity index (χ4v) is 3.47. The Bertz CT molecular complexity index is 1160. The molecule has 3 aromatic rings. The van der Waals surface area contributed by atoms with Crippen molar-refractivity contribution in [3.63, 3.8) is 0 Å². The lowest BCUT2D eigenvalue weighted by Gasteiger charge is -2.11. The molecule has 3 rings (SSSR count). The van der Waals surface area contributed by atoms with E-state index in [0.717, 1.165) is 14.4 Å². The SMILES string of the molecule is Cc1ccc(NC(=O)Cn2c(=O)oc3cc(S(=O)(=O)N(C)C)ccc32)cc1. The molecular weight excluding hydrogens is 370 g/mol. The summed E-state index contributed by atoms with van der Waals surface area (Å²) < 4.78 is 31.8. The van der Waals surface area contributed by atoms with Gasteiger partial charge in [0.2, 0.25) is 15.9 Å². The second kappa shape index (κ2) is 7.01. The van der Waals surface area contributed by atoms with Crippen LogP contribution in [0.1, 0.15) is 5.56 Å². The molecule has 1 N–H and O–H groups in total. The lowest BCUT2D eigenvalue weighted by atomic mass is 10.2. The summed E-state index contributed by atoms with van der Waals surface area (Å²) in [6.45, 7) is 1.69. The third-order valence-corrected chi connectivity index (χ3v) is 5.87. The quantitative estimate of drug-likeness (QED) is 0.717. The third-order valence-electron chi connectivity index (χ3n) is 4.06. The van der Waals surface area contributed by atoms with Crippen molar-refractivity contribution in [3.8, 4) is 0 Å². The first kappa shape index (κ1) is 18.9. The molecule has 0 saturated heterocycles. The highest BCUT2D eigenvalue weighted by Crippen LogP contribution is 2.20. The number of carbonyl (C=O) groups excluding carboxylic acids is 1. The second-order valence-electron chi connectivity index (χ2n) is 6.29. The van der Waals surface area contributed by atoms with Crippen LogP contribution in [0.5, 0.6) is 0 Å². The van der Waals surface area contributed by atoms with Gasteiger partial charge >= 0.3 is 5.76 Å². The highest BCUT2D eigenvalue weighted by atomic mass is 32.2. The monoisotopic (exact) mass is 389 g/mol. The molecule has 1 heterocycles. The fourth-order valence-electron chi connectivity index (χ4n) is 2.55. The zero-order valence-corrected chi connectivity index (χ0v) is 15.9. The largest absolute Gasteiger partial charge is 0.420 e. The fraction of sp³-hybridized carbons (Fsp3) is 0.222. The van der Waals surface area contributed by atoms with E-state index in [2.05, 4.69) is 5.32 Å². The zero-order valence-electron chi connectivity index (χ0n) is 15.1. The summed E-state index contributed by atoms with van der Waals surface area (Å²) in [5.74, 6) is -1.13. The number of carbonyl (C=O) groups is 1. The van der Waals surface area contributed by atoms with Crippen molar-refractivity contribution in [3.05, 3.63) is 58.6 Å². The van der Waals surface area contributed by atoms with E-state index in [4.69, 9.17) is 4.42 Å². The molecule has 142 valence electrons. The maximum Gasteiger partial charge on any atom is 0.420 e. The van der Waals surface area contributed by atoms with Crippen molar-refractivity contribution in [1.82, 2.24) is 8.87 Å². The number of rotatable bonds is 5. The van der Waals surface area contributed by atoms with Gasteiger partial charge in [-0.25, -0.2) is 17.5 Å². The van der Waals surface area contributed by atoms with Gasteiger partial charge in [0.05, 0.1) is 10.4 Å². The highest BCUT2D eigenvalue weighted by Gasteiger charge is 2.20. The molecule has 1 amide bonds. The van der Waals surface area contributed by atoms with Gasteiger partial charge in [0.25, 0.3) is 0 Å². The first-order valence-electron chi connectivity index (χ1n) is 8.11. The van der Waals surface area contributed by atoms with Crippen molar-refractivity contribution in [1.29, 1.82) is 0 Å². The van der Waals surface area contributed by atoms with E-state index in [0.29, 0.717) is 11.2 Å². The minimum Gasteiger partial charge on any atom is -0.408 e. The summed E-state index contributed by atoms with van der Waals surface area (Å²) in [6, 6.07) is 11.4. The van der Waals surface area contributed by atoms with Crippen LogP contribution in [0.25, 0.3) is 11.1 Å². The molecule has 0 atom stereocenters. The second-order valence-corrected chi connectivity index (χ2v) is 8.44. The number of hydrogen-bond donors (Lipinski definition) is 1. The number of sulfonamides is 1. The van der Waals surface area contributed by atoms with E-state index < -0.39 is 21.7 Å². The van der Waals surface area contributed by atoms with Crippen LogP contribution < -0.4 is 11.1 Å². The lowest BCUT2D eigenvalue weighted by Crippen LogP contribution is -2.24. The summed E-state index contributed by atoms with van der Waals surface area (Å²) in [5.41, 5.74) is 2.13. The molecule has 0 fully saturated rings. The molecule has 0 aliphatic heterocycles. The van der Waals surface area contributed by atoms with Gasteiger partial charge in [-0.2, -0.15) is 0 Å². The van der Waals surface area contributed by atoms with Gasteiger partial charge in [0.15, 0.2) is 5.58 Å². The smallest absolute Gasteiger partial charge is 0.408 e. The predicted octanol–water partition coefficient (Wildman–Crippen LogP) is 1.79. The molecule has 0 aliphatic rings. The van der Waals surface area contributed by atoms with Crippen LogP contribution in [0.4, 0.5) is 5.69 Å². The van der Waals surface area contributed by atoms with Crippen LogP contribution in [0, 0.1) is 6.92 Å². The van der Waals surface area contributed by atoms with Crippen LogP contribution in [0.15, 0.2) is 56.6 Å². The number of benzene rings is 2. The number of hydrogen-bond acceptors (Lipinski definition) is 5. The maximum atomic E-state index is 12.3. The van der Waals surface area contributed by atoms with Gasteiger partial charge in [-0.1, -0.05) is 17.7 Å². The number of oxazole rings is 1. The van der Waals surface area contributed by atoms with Crippen LogP contribution in [-0.4, -0.2) is 37.3 Å². The van der Waals surface area contributed by atoms with Crippen LogP contribution >= 0.6 is 0 Å². The van der Waals surface area contributed by atoms with Crippen molar-refractivity contribution in [2.45, 2.75) is 18.4 Å². The van der Waals surface area contributed by atoms with Crippen molar-refractivity contribution < 1.29 is 17.6 Å². The molecule has 0 unspecified atom stereocenters. The van der Waals surface area contributed by atoms with Crippen LogP contribution in [0.3, 0.4) is 0 Å². The number of anilines is 1. The van der Waals surface area contributed by atoms with E-state index in [-0.39, 0.29) is 17.0 Å². The average molecular weight is 389 g/mol. The summed E-state index contributed by atoms with van der Waals surface area (Å²) in [7, 11) is -0.831. The van der Waals surface area contributed by atoms with Gasteiger partial charge < -0.3 is 9.73 Å².